The Morgan fingerprint density at radius 3 is 2.30 bits per heavy atom. The highest BCUT2D eigenvalue weighted by molar-refractivity contribution is 7.89. The molecule has 0 saturated carbocycles. The Bertz CT molecular complexity index is 1090. The second kappa shape index (κ2) is 10.5. The fraction of sp³-hybridized carbons (Fsp3) is 0.478. The number of rotatable bonds is 9. The Hall–Kier alpha value is -2.69. The number of piperazine rings is 1. The number of nitro groups is 1. The van der Waals surface area contributed by atoms with Crippen molar-refractivity contribution in [3.8, 4) is 5.75 Å². The van der Waals surface area contributed by atoms with Crippen molar-refractivity contribution in [2.75, 3.05) is 51.3 Å². The Balaban J connectivity index is 1.77. The molecule has 10 heteroatoms. The zero-order chi connectivity index (χ0) is 24.2. The summed E-state index contributed by atoms with van der Waals surface area (Å²) < 4.78 is 32.4. The zero-order valence-corrected chi connectivity index (χ0v) is 20.5. The van der Waals surface area contributed by atoms with Crippen molar-refractivity contribution in [3.63, 3.8) is 0 Å². The van der Waals surface area contributed by atoms with Crippen molar-refractivity contribution < 1.29 is 18.1 Å². The lowest BCUT2D eigenvalue weighted by Gasteiger charge is -2.36. The molecule has 1 fully saturated rings. The van der Waals surface area contributed by atoms with Crippen LogP contribution in [0.2, 0.25) is 0 Å². The van der Waals surface area contributed by atoms with Crippen molar-refractivity contribution >= 4 is 21.4 Å². The zero-order valence-electron chi connectivity index (χ0n) is 19.7. The lowest BCUT2D eigenvalue weighted by Crippen LogP contribution is -2.46. The van der Waals surface area contributed by atoms with E-state index in [4.69, 9.17) is 4.74 Å². The average Bonchev–Trinajstić information content (AvgIpc) is 2.80. The summed E-state index contributed by atoms with van der Waals surface area (Å²) in [4.78, 5) is 15.5. The molecule has 1 aliphatic rings. The summed E-state index contributed by atoms with van der Waals surface area (Å²) in [5.74, 6) is 0.851. The topological polar surface area (TPSA) is 96.2 Å². The summed E-state index contributed by atoms with van der Waals surface area (Å²) >= 11 is 0. The van der Waals surface area contributed by atoms with Crippen molar-refractivity contribution in [1.82, 2.24) is 9.21 Å². The van der Waals surface area contributed by atoms with Crippen LogP contribution in [-0.4, -0.2) is 68.9 Å². The minimum absolute atomic E-state index is 0.0492. The number of ether oxygens (including phenoxy) is 1. The molecule has 0 aromatic heterocycles. The third-order valence-electron chi connectivity index (χ3n) is 6.03. The standard InChI is InChI=1S/C23H32N4O5S/c1-5-26(6-2)33(30,31)20-8-9-21(22(16-20)27(28)29)25-13-11-24(12-14-25)17-19-15-18(3)7-10-23(19)32-4/h7-10,15-16H,5-6,11-14,17H2,1-4H3. The molecule has 33 heavy (non-hydrogen) atoms. The summed E-state index contributed by atoms with van der Waals surface area (Å²) in [6.45, 7) is 9.57. The molecule has 0 N–H and O–H groups in total. The Labute approximate surface area is 195 Å². The number of nitrogens with zero attached hydrogens (tertiary/aromatic N) is 4. The summed E-state index contributed by atoms with van der Waals surface area (Å²) in [5, 5.41) is 11.8. The number of nitro benzene ring substituents is 1. The lowest BCUT2D eigenvalue weighted by molar-refractivity contribution is -0.384. The summed E-state index contributed by atoms with van der Waals surface area (Å²) in [6, 6.07) is 10.3. The molecule has 1 heterocycles. The number of aryl methyl sites for hydroxylation is 1. The summed E-state index contributed by atoms with van der Waals surface area (Å²) in [7, 11) is -2.11. The first kappa shape index (κ1) is 24.9. The first-order valence-electron chi connectivity index (χ1n) is 11.1. The van der Waals surface area contributed by atoms with Crippen molar-refractivity contribution in [2.24, 2.45) is 0 Å². The van der Waals surface area contributed by atoms with Gasteiger partial charge in [0.05, 0.1) is 16.9 Å². The van der Waals surface area contributed by atoms with E-state index in [1.807, 2.05) is 24.0 Å². The van der Waals surface area contributed by atoms with Gasteiger partial charge in [0.25, 0.3) is 5.69 Å². The molecule has 9 nitrogen and oxygen atoms in total. The van der Waals surface area contributed by atoms with Gasteiger partial charge in [-0.2, -0.15) is 4.31 Å². The summed E-state index contributed by atoms with van der Waals surface area (Å²) in [5.41, 5.74) is 2.55. The van der Waals surface area contributed by atoms with Crippen LogP contribution >= 0.6 is 0 Å². The molecule has 0 spiro atoms. The number of hydrogen-bond acceptors (Lipinski definition) is 7. The van der Waals surface area contributed by atoms with Crippen LogP contribution < -0.4 is 9.64 Å². The maximum Gasteiger partial charge on any atom is 0.293 e. The van der Waals surface area contributed by atoms with Crippen LogP contribution in [-0.2, 0) is 16.6 Å². The van der Waals surface area contributed by atoms with Crippen molar-refractivity contribution in [1.29, 1.82) is 0 Å². The Morgan fingerprint density at radius 2 is 1.73 bits per heavy atom. The van der Waals surface area contributed by atoms with Gasteiger partial charge in [-0.15, -0.1) is 0 Å². The fourth-order valence-corrected chi connectivity index (χ4v) is 5.69. The minimum atomic E-state index is -3.77. The van der Waals surface area contributed by atoms with Crippen molar-refractivity contribution in [2.45, 2.75) is 32.2 Å². The van der Waals surface area contributed by atoms with Crippen LogP contribution in [0.3, 0.4) is 0 Å². The molecular formula is C23H32N4O5S. The van der Waals surface area contributed by atoms with Gasteiger partial charge in [0.15, 0.2) is 0 Å². The van der Waals surface area contributed by atoms with Crippen LogP contribution in [0.4, 0.5) is 11.4 Å². The van der Waals surface area contributed by atoms with E-state index in [1.54, 1.807) is 27.0 Å². The number of hydrogen-bond donors (Lipinski definition) is 0. The van der Waals surface area contributed by atoms with E-state index in [1.165, 1.54) is 22.0 Å². The van der Waals surface area contributed by atoms with E-state index >= 15 is 0 Å². The highest BCUT2D eigenvalue weighted by atomic mass is 32.2. The smallest absolute Gasteiger partial charge is 0.293 e. The predicted octanol–water partition coefficient (Wildman–Crippen LogP) is 3.26. The van der Waals surface area contributed by atoms with E-state index in [9.17, 15) is 18.5 Å². The van der Waals surface area contributed by atoms with Gasteiger partial charge in [-0.05, 0) is 25.1 Å². The van der Waals surface area contributed by atoms with Gasteiger partial charge >= 0.3 is 0 Å². The number of anilines is 1. The highest BCUT2D eigenvalue weighted by Crippen LogP contribution is 2.33. The van der Waals surface area contributed by atoms with Crippen LogP contribution in [0.15, 0.2) is 41.3 Å². The molecule has 180 valence electrons. The molecule has 0 unspecified atom stereocenters. The van der Waals surface area contributed by atoms with Gasteiger partial charge < -0.3 is 9.64 Å². The van der Waals surface area contributed by atoms with E-state index < -0.39 is 14.9 Å². The van der Waals surface area contributed by atoms with Gasteiger partial charge in [0.2, 0.25) is 10.0 Å². The molecule has 3 rings (SSSR count). The number of sulfonamides is 1. The number of methoxy groups -OCH3 is 1. The van der Waals surface area contributed by atoms with E-state index in [-0.39, 0.29) is 10.6 Å². The third kappa shape index (κ3) is 5.45. The third-order valence-corrected chi connectivity index (χ3v) is 8.08. The van der Waals surface area contributed by atoms with E-state index in [0.717, 1.165) is 30.9 Å². The van der Waals surface area contributed by atoms with E-state index in [2.05, 4.69) is 11.0 Å². The maximum absolute atomic E-state index is 12.8. The molecule has 1 saturated heterocycles. The molecule has 1 aliphatic heterocycles. The second-order valence-corrected chi connectivity index (χ2v) is 10.0. The van der Waals surface area contributed by atoms with Gasteiger partial charge in [-0.1, -0.05) is 31.5 Å². The summed E-state index contributed by atoms with van der Waals surface area (Å²) in [6.07, 6.45) is 0. The molecule has 2 aromatic rings. The molecule has 0 atom stereocenters. The Morgan fingerprint density at radius 1 is 1.06 bits per heavy atom. The molecule has 0 amide bonds. The monoisotopic (exact) mass is 476 g/mol. The Kier molecular flexibility index (Phi) is 7.93. The van der Waals surface area contributed by atoms with Crippen molar-refractivity contribution in [3.05, 3.63) is 57.6 Å². The van der Waals surface area contributed by atoms with E-state index in [0.29, 0.717) is 31.9 Å². The van der Waals surface area contributed by atoms with Gasteiger partial charge in [0.1, 0.15) is 11.4 Å². The van der Waals surface area contributed by atoms with Gasteiger partial charge in [-0.3, -0.25) is 15.0 Å². The van der Waals surface area contributed by atoms with Crippen LogP contribution in [0.25, 0.3) is 0 Å². The molecule has 0 bridgehead atoms. The first-order valence-corrected chi connectivity index (χ1v) is 12.5. The first-order chi connectivity index (χ1) is 15.7. The molecule has 0 radical (unpaired) electrons. The lowest BCUT2D eigenvalue weighted by atomic mass is 10.1. The molecule has 0 aliphatic carbocycles. The average molecular weight is 477 g/mol. The fourth-order valence-electron chi connectivity index (χ4n) is 4.21. The quantitative estimate of drug-likeness (QED) is 0.405. The molecule has 2 aromatic carbocycles. The predicted molar refractivity (Wildman–Crippen MR) is 128 cm³/mol. The van der Waals surface area contributed by atoms with Gasteiger partial charge in [0, 0.05) is 57.4 Å². The largest absolute Gasteiger partial charge is 0.496 e. The normalized spacial score (nSPS) is 15.1. The minimum Gasteiger partial charge on any atom is -0.496 e. The number of benzene rings is 2. The van der Waals surface area contributed by atoms with Gasteiger partial charge in [-0.25, -0.2) is 8.42 Å². The van der Waals surface area contributed by atoms with Crippen LogP contribution in [0.5, 0.6) is 5.75 Å². The maximum atomic E-state index is 12.8. The van der Waals surface area contributed by atoms with Crippen LogP contribution in [0, 0.1) is 17.0 Å². The second-order valence-electron chi connectivity index (χ2n) is 8.08. The highest BCUT2D eigenvalue weighted by Gasteiger charge is 2.29. The van der Waals surface area contributed by atoms with Crippen LogP contribution in [0.1, 0.15) is 25.0 Å². The molecular weight excluding hydrogens is 444 g/mol. The SMILES string of the molecule is CCN(CC)S(=O)(=O)c1ccc(N2CCN(Cc3cc(C)ccc3OC)CC2)c([N+](=O)[O-])c1.